The van der Waals surface area contributed by atoms with Gasteiger partial charge in [-0.05, 0) is 51.4 Å². The molecule has 2 N–H and O–H groups in total. The van der Waals surface area contributed by atoms with Crippen LogP contribution < -0.4 is 0 Å². The van der Waals surface area contributed by atoms with E-state index in [9.17, 15) is 28.9 Å². The molecule has 0 saturated carbocycles. The van der Waals surface area contributed by atoms with Crippen LogP contribution in [0.25, 0.3) is 0 Å². The number of hydrogen-bond acceptors (Lipinski definition) is 10. The van der Waals surface area contributed by atoms with Gasteiger partial charge < -0.3 is 24.2 Å². The number of carbonyl (C=O) groups excluding carboxylic acids is 3. The van der Waals surface area contributed by atoms with Crippen LogP contribution in [0.4, 0.5) is 0 Å². The van der Waals surface area contributed by atoms with E-state index in [4.69, 9.17) is 23.3 Å². The Labute approximate surface area is 442 Å². The maximum Gasteiger partial charge on any atom is 0.472 e. The number of unbranched alkanes of at least 4 members (excludes halogenated alkanes) is 36. The molecule has 0 aromatic rings. The molecule has 0 rings (SSSR count). The molecule has 0 aliphatic rings. The first-order valence-electron chi connectivity index (χ1n) is 30.2. The first-order valence-corrected chi connectivity index (χ1v) is 31.7. The highest BCUT2D eigenvalue weighted by Gasteiger charge is 2.28. The van der Waals surface area contributed by atoms with Crippen LogP contribution >= 0.6 is 7.82 Å². The molecule has 0 radical (unpaired) electrons. The molecule has 72 heavy (non-hydrogen) atoms. The van der Waals surface area contributed by atoms with Crippen molar-refractivity contribution < 1.29 is 52.2 Å². The second kappa shape index (κ2) is 55.2. The van der Waals surface area contributed by atoms with E-state index in [-0.39, 0.29) is 25.9 Å². The van der Waals surface area contributed by atoms with E-state index in [1.807, 2.05) is 0 Å². The normalized spacial score (nSPS) is 13.5. The summed E-state index contributed by atoms with van der Waals surface area (Å²) in [6, 6.07) is 0. The average molecular weight is 1040 g/mol. The Bertz CT molecular complexity index is 1310. The summed E-state index contributed by atoms with van der Waals surface area (Å²) in [5.74, 6) is -1.45. The van der Waals surface area contributed by atoms with E-state index in [1.165, 1.54) is 167 Å². The predicted octanol–water partition coefficient (Wildman–Crippen LogP) is 17.8. The maximum absolute atomic E-state index is 12.9. The van der Waals surface area contributed by atoms with Gasteiger partial charge in [0.2, 0.25) is 0 Å². The second-order valence-corrected chi connectivity index (χ2v) is 22.0. The van der Waals surface area contributed by atoms with Crippen molar-refractivity contribution in [3.63, 3.8) is 0 Å². The average Bonchev–Trinajstić information content (AvgIpc) is 3.37. The van der Waals surface area contributed by atoms with Crippen LogP contribution in [0.5, 0.6) is 0 Å². The van der Waals surface area contributed by atoms with Crippen LogP contribution in [0.1, 0.15) is 303 Å². The smallest absolute Gasteiger partial charge is 0.462 e. The molecule has 0 aromatic heterocycles. The standard InChI is InChI=1S/C60H113O11P/c1-4-7-10-13-16-19-21-23-25-27-28-30-31-33-35-38-40-43-46-49-58(62)67-53-57(71-60(64)51-48-45-42-39-36-34-32-29-26-24-22-20-17-14-11-8-5-2)55-69-72(65,66)68-54-56(52-61)70-59(63)50-47-44-41-37-18-15-12-9-6-3/h17,20,24,26,56-57,61H,4-16,18-19,21-23,25,27-55H2,1-3H3,(H,65,66)/b20-17-,26-24-. The number of ether oxygens (including phenoxy) is 3. The van der Waals surface area contributed by atoms with Crippen LogP contribution in [0.2, 0.25) is 0 Å². The van der Waals surface area contributed by atoms with Crippen molar-refractivity contribution in [2.45, 2.75) is 315 Å². The van der Waals surface area contributed by atoms with Gasteiger partial charge in [-0.3, -0.25) is 23.4 Å². The second-order valence-electron chi connectivity index (χ2n) is 20.5. The quantitative estimate of drug-likeness (QED) is 0.0197. The van der Waals surface area contributed by atoms with Gasteiger partial charge in [-0.1, -0.05) is 257 Å². The lowest BCUT2D eigenvalue weighted by Crippen LogP contribution is -2.30. The lowest BCUT2D eigenvalue weighted by Gasteiger charge is -2.21. The number of allylic oxidation sites excluding steroid dienone is 4. The minimum Gasteiger partial charge on any atom is -0.462 e. The van der Waals surface area contributed by atoms with Crippen molar-refractivity contribution in [1.29, 1.82) is 0 Å². The molecule has 0 aliphatic carbocycles. The van der Waals surface area contributed by atoms with Gasteiger partial charge in [-0.25, -0.2) is 4.57 Å². The summed E-state index contributed by atoms with van der Waals surface area (Å²) in [6.45, 7) is 4.64. The molecule has 0 aromatic carbocycles. The number of phosphoric acid groups is 1. The third-order valence-electron chi connectivity index (χ3n) is 13.4. The van der Waals surface area contributed by atoms with E-state index >= 15 is 0 Å². The van der Waals surface area contributed by atoms with Crippen LogP contribution in [0.15, 0.2) is 24.3 Å². The lowest BCUT2D eigenvalue weighted by molar-refractivity contribution is -0.161. The van der Waals surface area contributed by atoms with E-state index in [2.05, 4.69) is 45.1 Å². The third-order valence-corrected chi connectivity index (χ3v) is 14.3. The molecule has 3 atom stereocenters. The first-order chi connectivity index (χ1) is 35.2. The first kappa shape index (κ1) is 70.0. The van der Waals surface area contributed by atoms with E-state index in [0.29, 0.717) is 19.3 Å². The van der Waals surface area contributed by atoms with Gasteiger partial charge in [0, 0.05) is 19.3 Å². The highest BCUT2D eigenvalue weighted by Crippen LogP contribution is 2.43. The zero-order valence-corrected chi connectivity index (χ0v) is 47.8. The van der Waals surface area contributed by atoms with Crippen LogP contribution in [-0.4, -0.2) is 66.5 Å². The summed E-state index contributed by atoms with van der Waals surface area (Å²) >= 11 is 0. The van der Waals surface area contributed by atoms with Crippen LogP contribution in [0, 0.1) is 0 Å². The Morgan fingerprint density at radius 2 is 0.681 bits per heavy atom. The van der Waals surface area contributed by atoms with Gasteiger partial charge >= 0.3 is 25.7 Å². The van der Waals surface area contributed by atoms with E-state index < -0.39 is 57.8 Å². The van der Waals surface area contributed by atoms with E-state index in [1.54, 1.807) is 0 Å². The summed E-state index contributed by atoms with van der Waals surface area (Å²) in [4.78, 5) is 48.5. The van der Waals surface area contributed by atoms with Crippen molar-refractivity contribution in [2.24, 2.45) is 0 Å². The van der Waals surface area contributed by atoms with Crippen LogP contribution in [0.3, 0.4) is 0 Å². The number of carbonyl (C=O) groups is 3. The van der Waals surface area contributed by atoms with Crippen molar-refractivity contribution in [3.05, 3.63) is 24.3 Å². The molecule has 0 saturated heterocycles. The largest absolute Gasteiger partial charge is 0.472 e. The molecule has 0 fully saturated rings. The number of aliphatic hydroxyl groups excluding tert-OH is 1. The summed E-state index contributed by atoms with van der Waals surface area (Å²) in [6.07, 6.45) is 55.7. The Morgan fingerprint density at radius 3 is 1.06 bits per heavy atom. The fourth-order valence-electron chi connectivity index (χ4n) is 8.74. The maximum atomic E-state index is 12.9. The Balaban J connectivity index is 4.65. The van der Waals surface area contributed by atoms with Gasteiger partial charge in [0.05, 0.1) is 19.8 Å². The summed E-state index contributed by atoms with van der Waals surface area (Å²) < 4.78 is 39.5. The molecule has 0 bridgehead atoms. The Hall–Kier alpha value is -2.04. The summed E-state index contributed by atoms with van der Waals surface area (Å²) in [5, 5.41) is 9.78. The van der Waals surface area contributed by atoms with Crippen molar-refractivity contribution >= 4 is 25.7 Å². The van der Waals surface area contributed by atoms with Gasteiger partial charge in [-0.15, -0.1) is 0 Å². The molecule has 3 unspecified atom stereocenters. The SMILES string of the molecule is CCCCC/C=C\C/C=C\CCCCCCCCCC(=O)OC(COC(=O)CCCCCCCCCCCCCCCCCCCCC)COP(=O)(O)OCC(CO)OC(=O)CCCCCCCCCCC. The van der Waals surface area contributed by atoms with E-state index in [0.717, 1.165) is 77.0 Å². The van der Waals surface area contributed by atoms with Gasteiger partial charge in [0.1, 0.15) is 12.7 Å². The number of hydrogen-bond donors (Lipinski definition) is 2. The zero-order valence-electron chi connectivity index (χ0n) is 46.9. The fraction of sp³-hybridized carbons (Fsp3) is 0.883. The summed E-state index contributed by atoms with van der Waals surface area (Å²) in [5.41, 5.74) is 0. The van der Waals surface area contributed by atoms with Gasteiger partial charge in [0.25, 0.3) is 0 Å². The molecule has 0 aliphatic heterocycles. The minimum absolute atomic E-state index is 0.164. The molecular formula is C60H113O11P. The zero-order chi connectivity index (χ0) is 52.7. The fourth-order valence-corrected chi connectivity index (χ4v) is 9.53. The predicted molar refractivity (Wildman–Crippen MR) is 298 cm³/mol. The minimum atomic E-state index is -4.74. The highest BCUT2D eigenvalue weighted by atomic mass is 31.2. The topological polar surface area (TPSA) is 155 Å². The molecule has 0 amide bonds. The molecule has 0 heterocycles. The molecular weight excluding hydrogens is 928 g/mol. The molecule has 11 nitrogen and oxygen atoms in total. The molecule has 12 heteroatoms. The third kappa shape index (κ3) is 52.8. The van der Waals surface area contributed by atoms with Crippen molar-refractivity contribution in [2.75, 3.05) is 26.4 Å². The molecule has 0 spiro atoms. The molecule has 424 valence electrons. The summed E-state index contributed by atoms with van der Waals surface area (Å²) in [7, 11) is -4.74. The van der Waals surface area contributed by atoms with Crippen LogP contribution in [-0.2, 0) is 42.2 Å². The highest BCUT2D eigenvalue weighted by molar-refractivity contribution is 7.47. The Morgan fingerprint density at radius 1 is 0.389 bits per heavy atom. The van der Waals surface area contributed by atoms with Gasteiger partial charge in [-0.2, -0.15) is 0 Å². The number of phosphoric ester groups is 1. The number of aliphatic hydroxyl groups is 1. The van der Waals surface area contributed by atoms with Crippen molar-refractivity contribution in [1.82, 2.24) is 0 Å². The van der Waals surface area contributed by atoms with Crippen molar-refractivity contribution in [3.8, 4) is 0 Å². The number of rotatable bonds is 57. The lowest BCUT2D eigenvalue weighted by atomic mass is 10.0. The monoisotopic (exact) mass is 1040 g/mol. The van der Waals surface area contributed by atoms with Gasteiger partial charge in [0.15, 0.2) is 6.10 Å². The number of esters is 3. The Kier molecular flexibility index (Phi) is 53.6.